The minimum absolute atomic E-state index is 0.219. The van der Waals surface area contributed by atoms with Crippen LogP contribution in [0.3, 0.4) is 0 Å². The van der Waals surface area contributed by atoms with E-state index in [2.05, 4.69) is 5.32 Å². The molecule has 0 aliphatic carbocycles. The lowest BCUT2D eigenvalue weighted by molar-refractivity contribution is -0.144. The molecule has 0 saturated heterocycles. The van der Waals surface area contributed by atoms with E-state index in [9.17, 15) is 9.90 Å². The van der Waals surface area contributed by atoms with Gasteiger partial charge in [-0.2, -0.15) is 0 Å². The fourth-order valence-electron chi connectivity index (χ4n) is 2.01. The molecule has 0 radical (unpaired) electrons. The molecule has 1 unspecified atom stereocenters. The van der Waals surface area contributed by atoms with E-state index >= 15 is 0 Å². The molecule has 1 heterocycles. The van der Waals surface area contributed by atoms with E-state index in [1.165, 1.54) is 0 Å². The number of hydrogen-bond donors (Lipinski definition) is 2. The number of nitrogens with one attached hydrogen (secondary N) is 1. The number of fused-ring (bicyclic) bond motifs is 1. The number of carbonyl (C=O) groups is 1. The summed E-state index contributed by atoms with van der Waals surface area (Å²) in [5.41, 5.74) is -0.980. The number of carboxylic acid groups (broad SMARTS) is 1. The first-order valence-electron chi connectivity index (χ1n) is 7.06. The van der Waals surface area contributed by atoms with Crippen molar-refractivity contribution in [1.82, 2.24) is 5.32 Å². The highest BCUT2D eigenvalue weighted by atomic mass is 16.7. The molecule has 6 nitrogen and oxygen atoms in total. The Balaban J connectivity index is 1.88. The van der Waals surface area contributed by atoms with Crippen LogP contribution in [0.15, 0.2) is 18.2 Å². The lowest BCUT2D eigenvalue weighted by Gasteiger charge is -2.26. The zero-order valence-corrected chi connectivity index (χ0v) is 12.3. The first-order chi connectivity index (χ1) is 10.0. The van der Waals surface area contributed by atoms with Crippen molar-refractivity contribution in [2.24, 2.45) is 0 Å². The molecule has 1 atom stereocenters. The average molecular weight is 295 g/mol. The van der Waals surface area contributed by atoms with Gasteiger partial charge in [0.1, 0.15) is 11.3 Å². The van der Waals surface area contributed by atoms with Gasteiger partial charge in [0.2, 0.25) is 6.79 Å². The summed E-state index contributed by atoms with van der Waals surface area (Å²) in [5.74, 6) is 1.12. The minimum Gasteiger partial charge on any atom is -0.493 e. The van der Waals surface area contributed by atoms with Crippen molar-refractivity contribution in [3.8, 4) is 17.2 Å². The zero-order chi connectivity index (χ0) is 15.3. The smallest absolute Gasteiger partial charge is 0.323 e. The molecule has 116 valence electrons. The molecule has 0 amide bonds. The minimum atomic E-state index is -0.980. The van der Waals surface area contributed by atoms with Gasteiger partial charge in [0, 0.05) is 12.5 Å². The zero-order valence-electron chi connectivity index (χ0n) is 12.3. The van der Waals surface area contributed by atoms with Crippen LogP contribution >= 0.6 is 0 Å². The Bertz CT molecular complexity index is 505. The van der Waals surface area contributed by atoms with Crippen molar-refractivity contribution in [1.29, 1.82) is 0 Å². The normalized spacial score (nSPS) is 15.5. The first-order valence-corrected chi connectivity index (χ1v) is 7.06. The molecule has 2 rings (SSSR count). The highest BCUT2D eigenvalue weighted by Crippen LogP contribution is 2.35. The van der Waals surface area contributed by atoms with Gasteiger partial charge in [-0.15, -0.1) is 0 Å². The standard InChI is InChI=1S/C15H21NO5/c1-3-7-16-15(2,14(17)18)6-8-19-11-4-5-12-13(9-11)21-10-20-12/h4-5,9,16H,3,6-8,10H2,1-2H3,(H,17,18). The molecule has 0 bridgehead atoms. The lowest BCUT2D eigenvalue weighted by Crippen LogP contribution is -2.50. The summed E-state index contributed by atoms with van der Waals surface area (Å²) in [5, 5.41) is 12.4. The van der Waals surface area contributed by atoms with Gasteiger partial charge in [-0.25, -0.2) is 0 Å². The maximum Gasteiger partial charge on any atom is 0.323 e. The summed E-state index contributed by atoms with van der Waals surface area (Å²) in [4.78, 5) is 11.4. The molecule has 0 spiro atoms. The highest BCUT2D eigenvalue weighted by Gasteiger charge is 2.32. The first kappa shape index (κ1) is 15.4. The van der Waals surface area contributed by atoms with E-state index in [0.717, 1.165) is 6.42 Å². The molecule has 1 aromatic rings. The fraction of sp³-hybridized carbons (Fsp3) is 0.533. The predicted octanol–water partition coefficient (Wildman–Crippen LogP) is 2.03. The Labute approximate surface area is 124 Å². The number of carboxylic acids is 1. The fourth-order valence-corrected chi connectivity index (χ4v) is 2.01. The Morgan fingerprint density at radius 1 is 1.43 bits per heavy atom. The van der Waals surface area contributed by atoms with Gasteiger partial charge in [0.15, 0.2) is 11.5 Å². The van der Waals surface area contributed by atoms with Gasteiger partial charge in [-0.05, 0) is 32.0 Å². The van der Waals surface area contributed by atoms with E-state index in [-0.39, 0.29) is 6.79 Å². The quantitative estimate of drug-likeness (QED) is 0.764. The molecule has 1 aliphatic heterocycles. The highest BCUT2D eigenvalue weighted by molar-refractivity contribution is 5.78. The van der Waals surface area contributed by atoms with Crippen LogP contribution in [0.4, 0.5) is 0 Å². The van der Waals surface area contributed by atoms with Crippen molar-refractivity contribution in [2.75, 3.05) is 19.9 Å². The van der Waals surface area contributed by atoms with Gasteiger partial charge in [0.05, 0.1) is 6.61 Å². The summed E-state index contributed by atoms with van der Waals surface area (Å²) in [7, 11) is 0. The van der Waals surface area contributed by atoms with Crippen molar-refractivity contribution in [3.05, 3.63) is 18.2 Å². The number of ether oxygens (including phenoxy) is 3. The van der Waals surface area contributed by atoms with Gasteiger partial charge >= 0.3 is 5.97 Å². The van der Waals surface area contributed by atoms with Crippen LogP contribution in [-0.4, -0.2) is 36.6 Å². The Kier molecular flexibility index (Phi) is 4.90. The lowest BCUT2D eigenvalue weighted by atomic mass is 9.98. The summed E-state index contributed by atoms with van der Waals surface area (Å²) in [6.45, 7) is 4.86. The van der Waals surface area contributed by atoms with Crippen LogP contribution in [0.5, 0.6) is 17.2 Å². The molecular weight excluding hydrogens is 274 g/mol. The number of rotatable bonds is 8. The SMILES string of the molecule is CCCNC(C)(CCOc1ccc2c(c1)OCO2)C(=O)O. The van der Waals surface area contributed by atoms with E-state index in [1.807, 2.05) is 6.92 Å². The van der Waals surface area contributed by atoms with Gasteiger partial charge in [-0.1, -0.05) is 6.92 Å². The molecule has 1 aromatic carbocycles. The maximum absolute atomic E-state index is 11.4. The largest absolute Gasteiger partial charge is 0.493 e. The topological polar surface area (TPSA) is 77.0 Å². The van der Waals surface area contributed by atoms with E-state index in [1.54, 1.807) is 25.1 Å². The molecule has 0 saturated carbocycles. The third kappa shape index (κ3) is 3.78. The molecular formula is C15H21NO5. The predicted molar refractivity (Wildman–Crippen MR) is 77.0 cm³/mol. The van der Waals surface area contributed by atoms with Crippen LogP contribution in [0.1, 0.15) is 26.7 Å². The molecule has 6 heteroatoms. The van der Waals surface area contributed by atoms with Crippen molar-refractivity contribution in [2.45, 2.75) is 32.2 Å². The Morgan fingerprint density at radius 2 is 2.19 bits per heavy atom. The maximum atomic E-state index is 11.4. The molecule has 21 heavy (non-hydrogen) atoms. The number of benzene rings is 1. The van der Waals surface area contributed by atoms with Crippen LogP contribution in [0.2, 0.25) is 0 Å². The van der Waals surface area contributed by atoms with Crippen LogP contribution in [-0.2, 0) is 4.79 Å². The van der Waals surface area contributed by atoms with Gasteiger partial charge < -0.3 is 24.6 Å². The molecule has 0 fully saturated rings. The van der Waals surface area contributed by atoms with Crippen molar-refractivity contribution < 1.29 is 24.1 Å². The monoisotopic (exact) mass is 295 g/mol. The second-order valence-corrected chi connectivity index (χ2v) is 5.18. The number of hydrogen-bond acceptors (Lipinski definition) is 5. The van der Waals surface area contributed by atoms with E-state index in [0.29, 0.717) is 36.8 Å². The summed E-state index contributed by atoms with van der Waals surface area (Å²) in [6.07, 6.45) is 1.25. The summed E-state index contributed by atoms with van der Waals surface area (Å²) in [6, 6.07) is 5.31. The van der Waals surface area contributed by atoms with Gasteiger partial charge in [0.25, 0.3) is 0 Å². The Hall–Kier alpha value is -1.95. The van der Waals surface area contributed by atoms with Gasteiger partial charge in [-0.3, -0.25) is 4.79 Å². The summed E-state index contributed by atoms with van der Waals surface area (Å²) < 4.78 is 16.1. The Morgan fingerprint density at radius 3 is 2.90 bits per heavy atom. The summed E-state index contributed by atoms with van der Waals surface area (Å²) >= 11 is 0. The number of aliphatic carboxylic acids is 1. The van der Waals surface area contributed by atoms with Crippen molar-refractivity contribution in [3.63, 3.8) is 0 Å². The molecule has 0 aromatic heterocycles. The second-order valence-electron chi connectivity index (χ2n) is 5.18. The van der Waals surface area contributed by atoms with Crippen molar-refractivity contribution >= 4 is 5.97 Å². The molecule has 2 N–H and O–H groups in total. The van der Waals surface area contributed by atoms with Crippen LogP contribution < -0.4 is 19.5 Å². The average Bonchev–Trinajstić information content (AvgIpc) is 2.92. The second kappa shape index (κ2) is 6.67. The third-order valence-electron chi connectivity index (χ3n) is 3.45. The third-order valence-corrected chi connectivity index (χ3v) is 3.45. The van der Waals surface area contributed by atoms with Crippen LogP contribution in [0.25, 0.3) is 0 Å². The molecule has 1 aliphatic rings. The van der Waals surface area contributed by atoms with Crippen LogP contribution in [0, 0.1) is 0 Å². The van der Waals surface area contributed by atoms with E-state index in [4.69, 9.17) is 14.2 Å². The van der Waals surface area contributed by atoms with E-state index < -0.39 is 11.5 Å².